The van der Waals surface area contributed by atoms with Crippen LogP contribution in [0, 0.1) is 0 Å². The molecule has 0 bridgehead atoms. The van der Waals surface area contributed by atoms with Gasteiger partial charge in [-0.15, -0.1) is 11.3 Å². The Bertz CT molecular complexity index is 1180. The molecule has 2 N–H and O–H groups in total. The van der Waals surface area contributed by atoms with Gasteiger partial charge in [0.2, 0.25) is 11.8 Å². The number of carbonyl (C=O) groups excluding carboxylic acids is 4. The standard InChI is InChI=1S/C24H26N4O5S/c1-24(2,3)33-23(32)25-11-5-6-14-12-26-21(34-14)15-7-4-8-16-17(15)13-28(22(16)31)18-9-10-19(29)27-20(18)30/h4-8,12,18H,9-11,13H2,1-3H3,(H,25,32)(H,27,29,30)/b6-5+. The zero-order chi connectivity index (χ0) is 24.5. The predicted octanol–water partition coefficient (Wildman–Crippen LogP) is 3.11. The summed E-state index contributed by atoms with van der Waals surface area (Å²) < 4.78 is 5.20. The number of amides is 4. The summed E-state index contributed by atoms with van der Waals surface area (Å²) in [6, 6.07) is 4.82. The third-order valence-electron chi connectivity index (χ3n) is 5.38. The lowest BCUT2D eigenvalue weighted by molar-refractivity contribution is -0.136. The van der Waals surface area contributed by atoms with Gasteiger partial charge in [0.1, 0.15) is 16.7 Å². The SMILES string of the molecule is CC(C)(C)OC(=O)NC/C=C/c1cnc(-c2cccc3c2CN(C2CCC(=O)NC2=O)C3=O)s1. The van der Waals surface area contributed by atoms with Crippen molar-refractivity contribution in [3.8, 4) is 10.6 Å². The summed E-state index contributed by atoms with van der Waals surface area (Å²) >= 11 is 1.46. The number of hydrogen-bond acceptors (Lipinski definition) is 7. The molecule has 4 amide bonds. The Morgan fingerprint density at radius 3 is 2.79 bits per heavy atom. The van der Waals surface area contributed by atoms with E-state index >= 15 is 0 Å². The van der Waals surface area contributed by atoms with Gasteiger partial charge in [-0.2, -0.15) is 0 Å². The minimum atomic E-state index is -0.655. The summed E-state index contributed by atoms with van der Waals surface area (Å²) in [6.07, 6.45) is 5.47. The van der Waals surface area contributed by atoms with Crippen LogP contribution in [0.5, 0.6) is 0 Å². The number of nitrogens with one attached hydrogen (secondary N) is 2. The summed E-state index contributed by atoms with van der Waals surface area (Å²) in [4.78, 5) is 55.5. The fraction of sp³-hybridized carbons (Fsp3) is 0.375. The van der Waals surface area contributed by atoms with Crippen LogP contribution in [0.1, 0.15) is 54.4 Å². The average molecular weight is 483 g/mol. The quantitative estimate of drug-likeness (QED) is 0.633. The van der Waals surface area contributed by atoms with Gasteiger partial charge in [-0.3, -0.25) is 19.7 Å². The first-order valence-corrected chi connectivity index (χ1v) is 11.8. The van der Waals surface area contributed by atoms with Crippen LogP contribution in [0.2, 0.25) is 0 Å². The molecule has 1 atom stereocenters. The van der Waals surface area contributed by atoms with Gasteiger partial charge in [-0.1, -0.05) is 18.2 Å². The molecule has 178 valence electrons. The molecule has 4 rings (SSSR count). The Morgan fingerprint density at radius 1 is 1.29 bits per heavy atom. The average Bonchev–Trinajstić information content (AvgIpc) is 3.35. The van der Waals surface area contributed by atoms with E-state index in [0.29, 0.717) is 25.1 Å². The summed E-state index contributed by atoms with van der Waals surface area (Å²) in [6.45, 7) is 6.02. The van der Waals surface area contributed by atoms with E-state index in [-0.39, 0.29) is 18.2 Å². The summed E-state index contributed by atoms with van der Waals surface area (Å²) in [5.74, 6) is -0.951. The van der Waals surface area contributed by atoms with Gasteiger partial charge in [0.05, 0.1) is 0 Å². The Morgan fingerprint density at radius 2 is 2.06 bits per heavy atom. The molecule has 9 nitrogen and oxygen atoms in total. The van der Waals surface area contributed by atoms with Crippen molar-refractivity contribution in [3.05, 3.63) is 46.5 Å². The molecule has 1 unspecified atom stereocenters. The Kier molecular flexibility index (Phi) is 6.52. The minimum absolute atomic E-state index is 0.212. The minimum Gasteiger partial charge on any atom is -0.444 e. The van der Waals surface area contributed by atoms with E-state index in [2.05, 4.69) is 15.6 Å². The van der Waals surface area contributed by atoms with Gasteiger partial charge in [0.25, 0.3) is 5.91 Å². The van der Waals surface area contributed by atoms with Crippen molar-refractivity contribution in [2.45, 2.75) is 51.8 Å². The van der Waals surface area contributed by atoms with E-state index in [1.165, 1.54) is 16.2 Å². The fourth-order valence-corrected chi connectivity index (χ4v) is 4.81. The molecular formula is C24H26N4O5S. The molecule has 2 aromatic rings. The van der Waals surface area contributed by atoms with Crippen LogP contribution >= 0.6 is 11.3 Å². The molecule has 0 saturated carbocycles. The van der Waals surface area contributed by atoms with Crippen molar-refractivity contribution in [2.75, 3.05) is 6.54 Å². The molecule has 2 aliphatic heterocycles. The van der Waals surface area contributed by atoms with Crippen LogP contribution in [0.15, 0.2) is 30.5 Å². The first-order chi connectivity index (χ1) is 16.1. The smallest absolute Gasteiger partial charge is 0.407 e. The number of nitrogens with zero attached hydrogens (tertiary/aromatic N) is 2. The maximum Gasteiger partial charge on any atom is 0.407 e. The predicted molar refractivity (Wildman–Crippen MR) is 127 cm³/mol. The molecule has 0 spiro atoms. The zero-order valence-electron chi connectivity index (χ0n) is 19.2. The highest BCUT2D eigenvalue weighted by atomic mass is 32.1. The number of piperidine rings is 1. The molecule has 1 aromatic heterocycles. The highest BCUT2D eigenvalue weighted by Crippen LogP contribution is 2.36. The highest BCUT2D eigenvalue weighted by molar-refractivity contribution is 7.15. The van der Waals surface area contributed by atoms with Gasteiger partial charge in [0, 0.05) is 41.7 Å². The first kappa shape index (κ1) is 23.6. The number of fused-ring (bicyclic) bond motifs is 1. The Hall–Kier alpha value is -3.53. The van der Waals surface area contributed by atoms with Crippen molar-refractivity contribution in [1.29, 1.82) is 0 Å². The Balaban J connectivity index is 1.45. The number of carbonyl (C=O) groups is 4. The maximum absolute atomic E-state index is 13.0. The summed E-state index contributed by atoms with van der Waals surface area (Å²) in [5, 5.41) is 5.75. The van der Waals surface area contributed by atoms with Gasteiger partial charge >= 0.3 is 6.09 Å². The molecular weight excluding hydrogens is 456 g/mol. The van der Waals surface area contributed by atoms with Crippen molar-refractivity contribution in [2.24, 2.45) is 0 Å². The van der Waals surface area contributed by atoms with Crippen LogP contribution in [0.4, 0.5) is 4.79 Å². The van der Waals surface area contributed by atoms with Crippen LogP contribution in [0.3, 0.4) is 0 Å². The van der Waals surface area contributed by atoms with E-state index in [0.717, 1.165) is 21.0 Å². The molecule has 0 radical (unpaired) electrons. The number of benzene rings is 1. The third-order valence-corrected chi connectivity index (χ3v) is 6.38. The second-order valence-corrected chi connectivity index (χ2v) is 10.1. The fourth-order valence-electron chi connectivity index (χ4n) is 3.91. The molecule has 10 heteroatoms. The van der Waals surface area contributed by atoms with E-state index in [1.54, 1.807) is 33.0 Å². The van der Waals surface area contributed by atoms with Crippen molar-refractivity contribution >= 4 is 41.2 Å². The van der Waals surface area contributed by atoms with Gasteiger partial charge in [-0.05, 0) is 44.9 Å². The molecule has 3 heterocycles. The lowest BCUT2D eigenvalue weighted by Crippen LogP contribution is -2.52. The lowest BCUT2D eigenvalue weighted by atomic mass is 10.0. The largest absolute Gasteiger partial charge is 0.444 e. The number of ether oxygens (including phenoxy) is 1. The molecule has 34 heavy (non-hydrogen) atoms. The lowest BCUT2D eigenvalue weighted by Gasteiger charge is -2.29. The van der Waals surface area contributed by atoms with Gasteiger partial charge in [-0.25, -0.2) is 9.78 Å². The maximum atomic E-state index is 13.0. The number of hydrogen-bond donors (Lipinski definition) is 2. The topological polar surface area (TPSA) is 118 Å². The first-order valence-electron chi connectivity index (χ1n) is 11.0. The van der Waals surface area contributed by atoms with Crippen molar-refractivity contribution < 1.29 is 23.9 Å². The Labute approximate surface area is 201 Å². The second kappa shape index (κ2) is 9.38. The number of alkyl carbamates (subject to hydrolysis) is 1. The molecule has 1 fully saturated rings. The molecule has 1 aromatic carbocycles. The number of imide groups is 1. The molecule has 0 aliphatic carbocycles. The number of thiazole rings is 1. The third kappa shape index (κ3) is 5.17. The van der Waals surface area contributed by atoms with Crippen molar-refractivity contribution in [1.82, 2.24) is 20.5 Å². The van der Waals surface area contributed by atoms with Crippen molar-refractivity contribution in [3.63, 3.8) is 0 Å². The molecule has 1 saturated heterocycles. The number of rotatable bonds is 5. The van der Waals surface area contributed by atoms with Crippen LogP contribution in [-0.2, 0) is 20.9 Å². The number of aromatic nitrogens is 1. The summed E-state index contributed by atoms with van der Waals surface area (Å²) in [7, 11) is 0. The van der Waals surface area contributed by atoms with E-state index in [1.807, 2.05) is 24.3 Å². The monoisotopic (exact) mass is 482 g/mol. The van der Waals surface area contributed by atoms with Crippen LogP contribution < -0.4 is 10.6 Å². The van der Waals surface area contributed by atoms with E-state index in [4.69, 9.17) is 4.74 Å². The van der Waals surface area contributed by atoms with Gasteiger partial charge < -0.3 is 15.0 Å². The van der Waals surface area contributed by atoms with E-state index < -0.39 is 23.6 Å². The normalized spacial score (nSPS) is 18.3. The zero-order valence-corrected chi connectivity index (χ0v) is 20.0. The van der Waals surface area contributed by atoms with Gasteiger partial charge in [0.15, 0.2) is 0 Å². The second-order valence-electron chi connectivity index (χ2n) is 9.08. The van der Waals surface area contributed by atoms with Crippen LogP contribution in [0.25, 0.3) is 16.6 Å². The highest BCUT2D eigenvalue weighted by Gasteiger charge is 2.40. The van der Waals surface area contributed by atoms with E-state index in [9.17, 15) is 19.2 Å². The summed E-state index contributed by atoms with van der Waals surface area (Å²) in [5.41, 5.74) is 1.67. The van der Waals surface area contributed by atoms with Crippen LogP contribution in [-0.4, -0.2) is 51.9 Å². The molecule has 2 aliphatic rings.